The van der Waals surface area contributed by atoms with Gasteiger partial charge in [0.1, 0.15) is 5.82 Å². The first kappa shape index (κ1) is 19.4. The van der Waals surface area contributed by atoms with E-state index in [1.807, 2.05) is 0 Å². The van der Waals surface area contributed by atoms with E-state index in [9.17, 15) is 27.2 Å². The summed E-state index contributed by atoms with van der Waals surface area (Å²) in [7, 11) is 0. The molecule has 0 saturated carbocycles. The van der Waals surface area contributed by atoms with Crippen molar-refractivity contribution in [2.75, 3.05) is 6.54 Å². The number of carbonyl (C=O) groups is 2. The van der Waals surface area contributed by atoms with Gasteiger partial charge in [-0.05, 0) is 37.1 Å². The molecular formula is C16H15F4N3O3. The van der Waals surface area contributed by atoms with E-state index in [0.717, 1.165) is 30.5 Å². The normalized spacial score (nSPS) is 11.4. The standard InChI is InChI=1S/C16H15F4N3O3/c17-10-4-6-11(7-5-10)23-14(16(18,19)20)12(9-22-23)15(26)21-8-2-1-3-13(24)25/h4-7,9H,1-3,8H2,(H,21,26)(H,24,25). The Morgan fingerprint density at radius 3 is 2.38 bits per heavy atom. The van der Waals surface area contributed by atoms with Gasteiger partial charge in [-0.3, -0.25) is 9.59 Å². The monoisotopic (exact) mass is 373 g/mol. The summed E-state index contributed by atoms with van der Waals surface area (Å²) in [6.07, 6.45) is -3.56. The zero-order chi connectivity index (χ0) is 19.3. The number of aliphatic carboxylic acids is 1. The molecule has 140 valence electrons. The molecule has 1 amide bonds. The van der Waals surface area contributed by atoms with E-state index in [1.165, 1.54) is 0 Å². The molecular weight excluding hydrogens is 358 g/mol. The van der Waals surface area contributed by atoms with Crippen LogP contribution in [-0.4, -0.2) is 33.3 Å². The summed E-state index contributed by atoms with van der Waals surface area (Å²) < 4.78 is 53.8. The average molecular weight is 373 g/mol. The predicted molar refractivity (Wildman–Crippen MR) is 82.3 cm³/mol. The lowest BCUT2D eigenvalue weighted by atomic mass is 10.2. The number of benzene rings is 1. The predicted octanol–water partition coefficient (Wildman–Crippen LogP) is 3.01. The Kier molecular flexibility index (Phi) is 5.96. The molecule has 2 aromatic rings. The van der Waals surface area contributed by atoms with Gasteiger partial charge in [0.05, 0.1) is 17.4 Å². The SMILES string of the molecule is O=C(O)CCCCNC(=O)c1cnn(-c2ccc(F)cc2)c1C(F)(F)F. The van der Waals surface area contributed by atoms with Crippen LogP contribution < -0.4 is 5.32 Å². The van der Waals surface area contributed by atoms with Gasteiger partial charge in [0.15, 0.2) is 5.69 Å². The van der Waals surface area contributed by atoms with Crippen molar-refractivity contribution in [3.63, 3.8) is 0 Å². The van der Waals surface area contributed by atoms with Crippen LogP contribution in [0.15, 0.2) is 30.5 Å². The largest absolute Gasteiger partial charge is 0.481 e. The zero-order valence-electron chi connectivity index (χ0n) is 13.4. The maximum atomic E-state index is 13.4. The fourth-order valence-electron chi connectivity index (χ4n) is 2.26. The molecule has 10 heteroatoms. The number of carboxylic acids is 1. The van der Waals surface area contributed by atoms with Crippen LogP contribution >= 0.6 is 0 Å². The third-order valence-electron chi connectivity index (χ3n) is 3.46. The van der Waals surface area contributed by atoms with Crippen LogP contribution in [0.4, 0.5) is 17.6 Å². The van der Waals surface area contributed by atoms with Crippen molar-refractivity contribution in [3.05, 3.63) is 47.5 Å². The quantitative estimate of drug-likeness (QED) is 0.577. The van der Waals surface area contributed by atoms with Crippen molar-refractivity contribution < 1.29 is 32.3 Å². The maximum Gasteiger partial charge on any atom is 0.434 e. The lowest BCUT2D eigenvalue weighted by molar-refractivity contribution is -0.143. The first-order valence-corrected chi connectivity index (χ1v) is 7.61. The molecule has 0 atom stereocenters. The number of halogens is 4. The molecule has 2 N–H and O–H groups in total. The first-order chi connectivity index (χ1) is 12.2. The summed E-state index contributed by atoms with van der Waals surface area (Å²) in [6, 6.07) is 4.20. The molecule has 0 fully saturated rings. The molecule has 0 aliphatic carbocycles. The summed E-state index contributed by atoms with van der Waals surface area (Å²) >= 11 is 0. The van der Waals surface area contributed by atoms with Gasteiger partial charge >= 0.3 is 12.1 Å². The topological polar surface area (TPSA) is 84.2 Å². The molecule has 1 heterocycles. The Labute approximate surface area is 145 Å². The van der Waals surface area contributed by atoms with E-state index in [2.05, 4.69) is 10.4 Å². The van der Waals surface area contributed by atoms with Crippen LogP contribution in [0, 0.1) is 5.82 Å². The molecule has 0 bridgehead atoms. The van der Waals surface area contributed by atoms with Crippen molar-refractivity contribution in [2.24, 2.45) is 0 Å². The molecule has 6 nitrogen and oxygen atoms in total. The number of rotatable bonds is 7. The summed E-state index contributed by atoms with van der Waals surface area (Å²) in [5.74, 6) is -2.58. The number of carbonyl (C=O) groups excluding carboxylic acids is 1. The van der Waals surface area contributed by atoms with E-state index in [4.69, 9.17) is 5.11 Å². The highest BCUT2D eigenvalue weighted by atomic mass is 19.4. The van der Waals surface area contributed by atoms with Crippen molar-refractivity contribution in [1.29, 1.82) is 0 Å². The second-order valence-corrected chi connectivity index (χ2v) is 5.40. The Morgan fingerprint density at radius 1 is 1.15 bits per heavy atom. The number of aromatic nitrogens is 2. The highest BCUT2D eigenvalue weighted by Crippen LogP contribution is 2.33. The van der Waals surface area contributed by atoms with Crippen molar-refractivity contribution in [3.8, 4) is 5.69 Å². The van der Waals surface area contributed by atoms with Crippen LogP contribution in [0.2, 0.25) is 0 Å². The van der Waals surface area contributed by atoms with E-state index in [1.54, 1.807) is 0 Å². The van der Waals surface area contributed by atoms with Crippen molar-refractivity contribution in [2.45, 2.75) is 25.4 Å². The molecule has 0 unspecified atom stereocenters. The van der Waals surface area contributed by atoms with Gasteiger partial charge in [-0.1, -0.05) is 0 Å². The Hall–Kier alpha value is -2.91. The second-order valence-electron chi connectivity index (χ2n) is 5.40. The second kappa shape index (κ2) is 7.98. The highest BCUT2D eigenvalue weighted by molar-refractivity contribution is 5.95. The van der Waals surface area contributed by atoms with E-state index < -0.39 is 35.1 Å². The molecule has 1 aromatic carbocycles. The average Bonchev–Trinajstić information content (AvgIpc) is 3.00. The first-order valence-electron chi connectivity index (χ1n) is 7.61. The maximum absolute atomic E-state index is 13.4. The molecule has 0 radical (unpaired) electrons. The summed E-state index contributed by atoms with van der Waals surface area (Å²) in [4.78, 5) is 22.5. The van der Waals surface area contributed by atoms with Gasteiger partial charge < -0.3 is 10.4 Å². The molecule has 0 aliphatic rings. The van der Waals surface area contributed by atoms with Crippen LogP contribution in [0.1, 0.15) is 35.3 Å². The van der Waals surface area contributed by atoms with E-state index in [0.29, 0.717) is 11.1 Å². The van der Waals surface area contributed by atoms with Gasteiger partial charge in [-0.15, -0.1) is 0 Å². The fraction of sp³-hybridized carbons (Fsp3) is 0.312. The molecule has 0 spiro atoms. The zero-order valence-corrected chi connectivity index (χ0v) is 13.4. The van der Waals surface area contributed by atoms with Crippen LogP contribution in [-0.2, 0) is 11.0 Å². The number of nitrogens with zero attached hydrogens (tertiary/aromatic N) is 2. The van der Waals surface area contributed by atoms with Gasteiger partial charge in [0, 0.05) is 13.0 Å². The lowest BCUT2D eigenvalue weighted by Gasteiger charge is -2.13. The third kappa shape index (κ3) is 4.80. The minimum Gasteiger partial charge on any atom is -0.481 e. The van der Waals surface area contributed by atoms with Crippen molar-refractivity contribution in [1.82, 2.24) is 15.1 Å². The Morgan fingerprint density at radius 2 is 1.81 bits per heavy atom. The van der Waals surface area contributed by atoms with Crippen molar-refractivity contribution >= 4 is 11.9 Å². The van der Waals surface area contributed by atoms with Gasteiger partial charge in [-0.2, -0.15) is 18.3 Å². The number of unbranched alkanes of at least 4 members (excludes halogenated alkanes) is 1. The minimum absolute atomic E-state index is 0.0329. The summed E-state index contributed by atoms with van der Waals surface area (Å²) in [5, 5.41) is 14.4. The molecule has 0 saturated heterocycles. The van der Waals surface area contributed by atoms with Gasteiger partial charge in [0.25, 0.3) is 5.91 Å². The van der Waals surface area contributed by atoms with E-state index >= 15 is 0 Å². The smallest absolute Gasteiger partial charge is 0.434 e. The molecule has 0 aliphatic heterocycles. The minimum atomic E-state index is -4.86. The number of hydrogen-bond acceptors (Lipinski definition) is 3. The number of amides is 1. The van der Waals surface area contributed by atoms with Gasteiger partial charge in [-0.25, -0.2) is 9.07 Å². The Balaban J connectivity index is 2.19. The van der Waals surface area contributed by atoms with E-state index in [-0.39, 0.29) is 25.1 Å². The van der Waals surface area contributed by atoms with Crippen LogP contribution in [0.3, 0.4) is 0 Å². The molecule has 2 rings (SSSR count). The lowest BCUT2D eigenvalue weighted by Crippen LogP contribution is -2.27. The summed E-state index contributed by atoms with van der Waals surface area (Å²) in [6.45, 7) is 0.0329. The Bertz CT molecular complexity index is 785. The number of carboxylic acid groups (broad SMARTS) is 1. The molecule has 26 heavy (non-hydrogen) atoms. The molecule has 1 aromatic heterocycles. The third-order valence-corrected chi connectivity index (χ3v) is 3.46. The number of alkyl halides is 3. The summed E-state index contributed by atoms with van der Waals surface area (Å²) in [5.41, 5.74) is -1.98. The highest BCUT2D eigenvalue weighted by Gasteiger charge is 2.40. The van der Waals surface area contributed by atoms with Crippen LogP contribution in [0.5, 0.6) is 0 Å². The van der Waals surface area contributed by atoms with Crippen LogP contribution in [0.25, 0.3) is 5.69 Å². The fourth-order valence-corrected chi connectivity index (χ4v) is 2.26. The number of hydrogen-bond donors (Lipinski definition) is 2. The number of nitrogens with one attached hydrogen (secondary N) is 1. The van der Waals surface area contributed by atoms with Gasteiger partial charge in [0.2, 0.25) is 0 Å².